The molecule has 5 heteroatoms. The molecule has 1 aliphatic rings. The van der Waals surface area contributed by atoms with Gasteiger partial charge >= 0.3 is 5.97 Å². The summed E-state index contributed by atoms with van der Waals surface area (Å²) in [6, 6.07) is 7.01. The van der Waals surface area contributed by atoms with Crippen LogP contribution in [0.25, 0.3) is 10.8 Å². The molecule has 0 radical (unpaired) electrons. The van der Waals surface area contributed by atoms with Crippen molar-refractivity contribution in [2.45, 2.75) is 12.8 Å². The van der Waals surface area contributed by atoms with Gasteiger partial charge in [-0.3, -0.25) is 0 Å². The maximum Gasteiger partial charge on any atom is 0.336 e. The first kappa shape index (κ1) is 13.8. The number of carbonyl (C=O) groups is 1. The van der Waals surface area contributed by atoms with Crippen molar-refractivity contribution in [3.8, 4) is 5.88 Å². The normalized spacial score (nSPS) is 16.0. The number of carboxylic acid groups (broad SMARTS) is 1. The number of nitrogens with one attached hydrogen (secondary N) is 1. The third-order valence-corrected chi connectivity index (χ3v) is 3.90. The van der Waals surface area contributed by atoms with Gasteiger partial charge < -0.3 is 15.2 Å². The van der Waals surface area contributed by atoms with Gasteiger partial charge in [-0.05, 0) is 49.4 Å². The number of piperidine rings is 1. The molecule has 1 saturated heterocycles. The topological polar surface area (TPSA) is 71.5 Å². The van der Waals surface area contributed by atoms with Gasteiger partial charge in [-0.2, -0.15) is 0 Å². The predicted octanol–water partition coefficient (Wildman–Crippen LogP) is 2.31. The third kappa shape index (κ3) is 2.97. The monoisotopic (exact) mass is 286 g/mol. The quantitative estimate of drug-likeness (QED) is 0.902. The first-order valence-electron chi connectivity index (χ1n) is 7.20. The third-order valence-electron chi connectivity index (χ3n) is 3.90. The second-order valence-electron chi connectivity index (χ2n) is 5.33. The molecule has 21 heavy (non-hydrogen) atoms. The SMILES string of the molecule is O=C(O)c1cccc2ccnc(OCC3CCNCC3)c12. The van der Waals surface area contributed by atoms with Crippen molar-refractivity contribution < 1.29 is 14.6 Å². The fourth-order valence-corrected chi connectivity index (χ4v) is 2.73. The van der Waals surface area contributed by atoms with E-state index in [1.165, 1.54) is 0 Å². The van der Waals surface area contributed by atoms with E-state index in [1.54, 1.807) is 24.4 Å². The van der Waals surface area contributed by atoms with Crippen LogP contribution in [0.3, 0.4) is 0 Å². The van der Waals surface area contributed by atoms with Crippen LogP contribution in [0.2, 0.25) is 0 Å². The van der Waals surface area contributed by atoms with Crippen molar-refractivity contribution in [2.24, 2.45) is 5.92 Å². The molecule has 0 unspecified atom stereocenters. The number of pyridine rings is 1. The van der Waals surface area contributed by atoms with Crippen LogP contribution in [0.4, 0.5) is 0 Å². The predicted molar refractivity (Wildman–Crippen MR) is 79.8 cm³/mol. The molecule has 2 N–H and O–H groups in total. The molecule has 0 spiro atoms. The summed E-state index contributed by atoms with van der Waals surface area (Å²) in [5, 5.41) is 14.1. The Morgan fingerprint density at radius 2 is 2.14 bits per heavy atom. The van der Waals surface area contributed by atoms with Gasteiger partial charge in [-0.1, -0.05) is 12.1 Å². The van der Waals surface area contributed by atoms with Gasteiger partial charge in [0.1, 0.15) is 0 Å². The Balaban J connectivity index is 1.88. The van der Waals surface area contributed by atoms with E-state index in [4.69, 9.17) is 4.74 Å². The Bertz CT molecular complexity index is 646. The number of aromatic nitrogens is 1. The zero-order chi connectivity index (χ0) is 14.7. The van der Waals surface area contributed by atoms with E-state index in [0.717, 1.165) is 31.3 Å². The lowest BCUT2D eigenvalue weighted by Gasteiger charge is -2.22. The van der Waals surface area contributed by atoms with Crippen molar-refractivity contribution in [3.05, 3.63) is 36.0 Å². The second-order valence-corrected chi connectivity index (χ2v) is 5.33. The van der Waals surface area contributed by atoms with Crippen molar-refractivity contribution in [1.82, 2.24) is 10.3 Å². The second kappa shape index (κ2) is 6.10. The van der Waals surface area contributed by atoms with Gasteiger partial charge in [0.05, 0.1) is 17.6 Å². The maximum absolute atomic E-state index is 11.4. The highest BCUT2D eigenvalue weighted by Gasteiger charge is 2.17. The lowest BCUT2D eigenvalue weighted by Crippen LogP contribution is -2.30. The van der Waals surface area contributed by atoms with E-state index in [-0.39, 0.29) is 5.56 Å². The minimum Gasteiger partial charge on any atom is -0.478 e. The smallest absolute Gasteiger partial charge is 0.336 e. The van der Waals surface area contributed by atoms with Crippen molar-refractivity contribution in [1.29, 1.82) is 0 Å². The Hall–Kier alpha value is -2.14. The molecule has 110 valence electrons. The van der Waals surface area contributed by atoms with Crippen LogP contribution < -0.4 is 10.1 Å². The molecule has 2 aromatic rings. The summed E-state index contributed by atoms with van der Waals surface area (Å²) in [7, 11) is 0. The summed E-state index contributed by atoms with van der Waals surface area (Å²) in [6.07, 6.45) is 3.82. The summed E-state index contributed by atoms with van der Waals surface area (Å²) < 4.78 is 5.85. The van der Waals surface area contributed by atoms with Crippen molar-refractivity contribution in [2.75, 3.05) is 19.7 Å². The lowest BCUT2D eigenvalue weighted by atomic mass is 9.99. The van der Waals surface area contributed by atoms with Gasteiger partial charge in [-0.25, -0.2) is 9.78 Å². The Morgan fingerprint density at radius 3 is 2.90 bits per heavy atom. The van der Waals surface area contributed by atoms with E-state index in [2.05, 4.69) is 10.3 Å². The average Bonchev–Trinajstić information content (AvgIpc) is 2.53. The summed E-state index contributed by atoms with van der Waals surface area (Å²) in [4.78, 5) is 15.6. The van der Waals surface area contributed by atoms with Gasteiger partial charge in [0, 0.05) is 6.20 Å². The van der Waals surface area contributed by atoms with Crippen molar-refractivity contribution in [3.63, 3.8) is 0 Å². The zero-order valence-electron chi connectivity index (χ0n) is 11.7. The number of fused-ring (bicyclic) bond motifs is 1. The Labute approximate surface area is 123 Å². The number of hydrogen-bond acceptors (Lipinski definition) is 4. The van der Waals surface area contributed by atoms with Crippen LogP contribution in [0.1, 0.15) is 23.2 Å². The minimum atomic E-state index is -0.958. The summed E-state index contributed by atoms with van der Waals surface area (Å²) >= 11 is 0. The molecule has 1 aromatic heterocycles. The standard InChI is InChI=1S/C16H18N2O3/c19-16(20)13-3-1-2-12-6-9-18-15(14(12)13)21-10-11-4-7-17-8-5-11/h1-3,6,9,11,17H,4-5,7-8,10H2,(H,19,20). The van der Waals surface area contributed by atoms with Crippen LogP contribution in [-0.4, -0.2) is 35.8 Å². The van der Waals surface area contributed by atoms with Gasteiger partial charge in [0.25, 0.3) is 0 Å². The molecule has 2 heterocycles. The van der Waals surface area contributed by atoms with E-state index in [0.29, 0.717) is 23.8 Å². The zero-order valence-corrected chi connectivity index (χ0v) is 11.7. The number of aromatic carboxylic acids is 1. The Morgan fingerprint density at radius 1 is 1.33 bits per heavy atom. The van der Waals surface area contributed by atoms with Crippen LogP contribution in [0.15, 0.2) is 30.5 Å². The van der Waals surface area contributed by atoms with Crippen LogP contribution in [0.5, 0.6) is 5.88 Å². The molecule has 0 saturated carbocycles. The van der Waals surface area contributed by atoms with Crippen LogP contribution >= 0.6 is 0 Å². The summed E-state index contributed by atoms with van der Waals surface area (Å²) in [5.41, 5.74) is 0.237. The van der Waals surface area contributed by atoms with Crippen molar-refractivity contribution >= 4 is 16.7 Å². The van der Waals surface area contributed by atoms with Crippen LogP contribution in [0, 0.1) is 5.92 Å². The number of benzene rings is 1. The maximum atomic E-state index is 11.4. The van der Waals surface area contributed by atoms with Gasteiger partial charge in [-0.15, -0.1) is 0 Å². The molecule has 0 atom stereocenters. The molecule has 1 aliphatic heterocycles. The molecule has 0 amide bonds. The van der Waals surface area contributed by atoms with E-state index in [9.17, 15) is 9.90 Å². The molecule has 3 rings (SSSR count). The number of ether oxygens (including phenoxy) is 1. The number of rotatable bonds is 4. The van der Waals surface area contributed by atoms with Crippen LogP contribution in [-0.2, 0) is 0 Å². The highest BCUT2D eigenvalue weighted by molar-refractivity contribution is 6.05. The number of carboxylic acids is 1. The molecular formula is C16H18N2O3. The Kier molecular flexibility index (Phi) is 4.01. The highest BCUT2D eigenvalue weighted by atomic mass is 16.5. The summed E-state index contributed by atoms with van der Waals surface area (Å²) in [6.45, 7) is 2.61. The average molecular weight is 286 g/mol. The van der Waals surface area contributed by atoms with Gasteiger partial charge in [0.15, 0.2) is 0 Å². The van der Waals surface area contributed by atoms with Gasteiger partial charge in [0.2, 0.25) is 5.88 Å². The number of nitrogens with zero attached hydrogens (tertiary/aromatic N) is 1. The highest BCUT2D eigenvalue weighted by Crippen LogP contribution is 2.27. The minimum absolute atomic E-state index is 0.237. The van der Waals surface area contributed by atoms with E-state index in [1.807, 2.05) is 6.07 Å². The fraction of sp³-hybridized carbons (Fsp3) is 0.375. The molecule has 1 aromatic carbocycles. The largest absolute Gasteiger partial charge is 0.478 e. The fourth-order valence-electron chi connectivity index (χ4n) is 2.73. The van der Waals surface area contributed by atoms with E-state index >= 15 is 0 Å². The lowest BCUT2D eigenvalue weighted by molar-refractivity contribution is 0.0698. The molecular weight excluding hydrogens is 268 g/mol. The summed E-state index contributed by atoms with van der Waals surface area (Å²) in [5.74, 6) is -0.0374. The molecule has 0 aliphatic carbocycles. The molecule has 0 bridgehead atoms. The first-order valence-corrected chi connectivity index (χ1v) is 7.20. The van der Waals surface area contributed by atoms with E-state index < -0.39 is 5.97 Å². The molecule has 5 nitrogen and oxygen atoms in total. The molecule has 1 fully saturated rings. The number of hydrogen-bond donors (Lipinski definition) is 2. The first-order chi connectivity index (χ1) is 10.3.